The molecular weight excluding hydrogens is 490 g/mol. The number of aryl methyl sites for hydroxylation is 1. The van der Waals surface area contributed by atoms with E-state index >= 15 is 0 Å². The Morgan fingerprint density at radius 1 is 0.923 bits per heavy atom. The second-order valence-electron chi connectivity index (χ2n) is 10.5. The Labute approximate surface area is 229 Å². The molecule has 2 N–H and O–H groups in total. The van der Waals surface area contributed by atoms with E-state index in [0.717, 1.165) is 22.5 Å². The Hall–Kier alpha value is -4.59. The lowest BCUT2D eigenvalue weighted by Gasteiger charge is -2.23. The number of nitrogens with one attached hydrogen (secondary N) is 2. The minimum Gasteiger partial charge on any atom is -0.497 e. The first-order valence-corrected chi connectivity index (χ1v) is 12.8. The van der Waals surface area contributed by atoms with Gasteiger partial charge in [-0.1, -0.05) is 74.9 Å². The molecule has 8 heteroatoms. The van der Waals surface area contributed by atoms with E-state index in [0.29, 0.717) is 17.3 Å². The maximum Gasteiger partial charge on any atom is 0.322 e. The van der Waals surface area contributed by atoms with E-state index in [1.165, 1.54) is 4.90 Å². The summed E-state index contributed by atoms with van der Waals surface area (Å²) in [4.78, 5) is 28.2. The molecule has 0 bridgehead atoms. The van der Waals surface area contributed by atoms with Crippen LogP contribution in [0.3, 0.4) is 0 Å². The number of hydrogen-bond donors (Lipinski definition) is 2. The first kappa shape index (κ1) is 27.4. The van der Waals surface area contributed by atoms with Crippen molar-refractivity contribution in [2.45, 2.75) is 39.7 Å². The SMILES string of the molecule is COc1cccc(NC(=O)N(CC(=O)Nc2cc(C(C)(C)C)nn2-c2ccc(C)cc2)Cc2ccccc2)c1. The number of amides is 3. The molecule has 1 aromatic heterocycles. The number of methoxy groups -OCH3 is 1. The average Bonchev–Trinajstić information content (AvgIpc) is 3.33. The number of benzene rings is 3. The third kappa shape index (κ3) is 7.25. The van der Waals surface area contributed by atoms with Crippen molar-refractivity contribution >= 4 is 23.4 Å². The minimum atomic E-state index is -0.398. The molecule has 4 aromatic rings. The van der Waals surface area contributed by atoms with Gasteiger partial charge in [-0.15, -0.1) is 0 Å². The molecule has 0 aliphatic rings. The normalized spacial score (nSPS) is 11.1. The molecule has 4 rings (SSSR count). The topological polar surface area (TPSA) is 88.5 Å². The van der Waals surface area contributed by atoms with Gasteiger partial charge in [-0.05, 0) is 36.8 Å². The molecule has 1 heterocycles. The fraction of sp³-hybridized carbons (Fsp3) is 0.258. The molecule has 0 spiro atoms. The molecule has 3 amide bonds. The highest BCUT2D eigenvalue weighted by Crippen LogP contribution is 2.26. The number of urea groups is 1. The molecule has 202 valence electrons. The molecule has 39 heavy (non-hydrogen) atoms. The zero-order chi connectivity index (χ0) is 28.0. The van der Waals surface area contributed by atoms with Crippen LogP contribution in [0.25, 0.3) is 5.69 Å². The number of hydrogen-bond acceptors (Lipinski definition) is 4. The van der Waals surface area contributed by atoms with Gasteiger partial charge in [0.1, 0.15) is 18.1 Å². The standard InChI is InChI=1S/C31H35N5O3/c1-22-14-16-25(17-15-22)36-28(19-27(34-36)31(2,3)4)33-29(37)21-35(20-23-10-7-6-8-11-23)30(38)32-24-12-9-13-26(18-24)39-5/h6-19H,20-21H2,1-5H3,(H,32,38)(H,33,37). The third-order valence-corrected chi connectivity index (χ3v) is 6.18. The van der Waals surface area contributed by atoms with Crippen LogP contribution >= 0.6 is 0 Å². The minimum absolute atomic E-state index is 0.158. The van der Waals surface area contributed by atoms with Gasteiger partial charge in [-0.2, -0.15) is 5.10 Å². The van der Waals surface area contributed by atoms with E-state index in [1.807, 2.05) is 67.6 Å². The molecule has 3 aromatic carbocycles. The van der Waals surface area contributed by atoms with Crippen molar-refractivity contribution in [2.75, 3.05) is 24.3 Å². The van der Waals surface area contributed by atoms with Crippen molar-refractivity contribution in [3.05, 3.63) is 102 Å². The van der Waals surface area contributed by atoms with Crippen molar-refractivity contribution in [2.24, 2.45) is 0 Å². The first-order chi connectivity index (χ1) is 18.6. The molecule has 0 atom stereocenters. The second kappa shape index (κ2) is 11.9. The van der Waals surface area contributed by atoms with Crippen LogP contribution in [0.2, 0.25) is 0 Å². The monoisotopic (exact) mass is 525 g/mol. The van der Waals surface area contributed by atoms with Crippen LogP contribution in [0, 0.1) is 6.92 Å². The molecule has 0 fully saturated rings. The van der Waals surface area contributed by atoms with Crippen molar-refractivity contribution in [3.63, 3.8) is 0 Å². The number of anilines is 2. The summed E-state index contributed by atoms with van der Waals surface area (Å²) in [5, 5.41) is 10.7. The van der Waals surface area contributed by atoms with Gasteiger partial charge in [0.2, 0.25) is 5.91 Å². The van der Waals surface area contributed by atoms with Crippen molar-refractivity contribution in [1.82, 2.24) is 14.7 Å². The fourth-order valence-electron chi connectivity index (χ4n) is 3.98. The summed E-state index contributed by atoms with van der Waals surface area (Å²) < 4.78 is 7.00. The van der Waals surface area contributed by atoms with Crippen LogP contribution in [-0.4, -0.2) is 40.3 Å². The summed E-state index contributed by atoms with van der Waals surface area (Å²) >= 11 is 0. The highest BCUT2D eigenvalue weighted by Gasteiger charge is 2.23. The van der Waals surface area contributed by atoms with E-state index in [2.05, 4.69) is 31.4 Å². The van der Waals surface area contributed by atoms with E-state index in [1.54, 1.807) is 36.1 Å². The lowest BCUT2D eigenvalue weighted by molar-refractivity contribution is -0.116. The zero-order valence-electron chi connectivity index (χ0n) is 23.1. The van der Waals surface area contributed by atoms with Gasteiger partial charge < -0.3 is 20.3 Å². The van der Waals surface area contributed by atoms with Gasteiger partial charge in [-0.25, -0.2) is 9.48 Å². The summed E-state index contributed by atoms with van der Waals surface area (Å²) in [6.07, 6.45) is 0. The molecule has 0 aliphatic heterocycles. The molecule has 0 saturated heterocycles. The van der Waals surface area contributed by atoms with Crippen molar-refractivity contribution in [1.29, 1.82) is 0 Å². The number of aromatic nitrogens is 2. The second-order valence-corrected chi connectivity index (χ2v) is 10.5. The maximum absolute atomic E-state index is 13.4. The smallest absolute Gasteiger partial charge is 0.322 e. The summed E-state index contributed by atoms with van der Waals surface area (Å²) in [6, 6.07) is 26.1. The van der Waals surface area contributed by atoms with Crippen molar-refractivity contribution < 1.29 is 14.3 Å². The van der Waals surface area contributed by atoms with Gasteiger partial charge in [0.25, 0.3) is 0 Å². The quantitative estimate of drug-likeness (QED) is 0.288. The first-order valence-electron chi connectivity index (χ1n) is 12.8. The summed E-state index contributed by atoms with van der Waals surface area (Å²) in [6.45, 7) is 8.35. The molecular formula is C31H35N5O3. The molecule has 8 nitrogen and oxygen atoms in total. The van der Waals surface area contributed by atoms with E-state index in [-0.39, 0.29) is 24.4 Å². The number of ether oxygens (including phenoxy) is 1. The van der Waals surface area contributed by atoms with E-state index < -0.39 is 6.03 Å². The zero-order valence-corrected chi connectivity index (χ0v) is 23.1. The lowest BCUT2D eigenvalue weighted by Crippen LogP contribution is -2.40. The van der Waals surface area contributed by atoms with E-state index in [4.69, 9.17) is 9.84 Å². The molecule has 0 radical (unpaired) electrons. The number of carbonyl (C=O) groups is 2. The average molecular weight is 526 g/mol. The van der Waals surface area contributed by atoms with Crippen molar-refractivity contribution in [3.8, 4) is 11.4 Å². The van der Waals surface area contributed by atoms with Crippen LogP contribution in [0.4, 0.5) is 16.3 Å². The Morgan fingerprint density at radius 3 is 2.31 bits per heavy atom. The maximum atomic E-state index is 13.4. The highest BCUT2D eigenvalue weighted by molar-refractivity contribution is 5.96. The van der Waals surface area contributed by atoms with Crippen LogP contribution in [-0.2, 0) is 16.8 Å². The number of nitrogens with zero attached hydrogens (tertiary/aromatic N) is 3. The van der Waals surface area contributed by atoms with Crippen LogP contribution in [0.5, 0.6) is 5.75 Å². The Balaban J connectivity index is 1.57. The van der Waals surface area contributed by atoms with Gasteiger partial charge >= 0.3 is 6.03 Å². The van der Waals surface area contributed by atoms with Crippen LogP contribution in [0.1, 0.15) is 37.6 Å². The molecule has 0 unspecified atom stereocenters. The Kier molecular flexibility index (Phi) is 8.34. The predicted octanol–water partition coefficient (Wildman–Crippen LogP) is 6.16. The van der Waals surface area contributed by atoms with Gasteiger partial charge in [0.15, 0.2) is 0 Å². The Morgan fingerprint density at radius 2 is 1.64 bits per heavy atom. The number of carbonyl (C=O) groups excluding carboxylic acids is 2. The fourth-order valence-corrected chi connectivity index (χ4v) is 3.98. The predicted molar refractivity (Wildman–Crippen MR) is 154 cm³/mol. The van der Waals surface area contributed by atoms with Crippen LogP contribution < -0.4 is 15.4 Å². The van der Waals surface area contributed by atoms with Gasteiger partial charge in [-0.3, -0.25) is 4.79 Å². The van der Waals surface area contributed by atoms with E-state index in [9.17, 15) is 9.59 Å². The van der Waals surface area contributed by atoms with Gasteiger partial charge in [0, 0.05) is 29.8 Å². The lowest BCUT2D eigenvalue weighted by atomic mass is 9.92. The van der Waals surface area contributed by atoms with Gasteiger partial charge in [0.05, 0.1) is 18.5 Å². The number of rotatable bonds is 8. The Bertz CT molecular complexity index is 1420. The highest BCUT2D eigenvalue weighted by atomic mass is 16.5. The molecule has 0 aliphatic carbocycles. The summed E-state index contributed by atoms with van der Waals surface area (Å²) in [5.41, 5.74) is 4.08. The third-order valence-electron chi connectivity index (χ3n) is 6.18. The van der Waals surface area contributed by atoms with Crippen LogP contribution in [0.15, 0.2) is 84.9 Å². The largest absolute Gasteiger partial charge is 0.497 e. The molecule has 0 saturated carbocycles. The summed E-state index contributed by atoms with van der Waals surface area (Å²) in [5.74, 6) is 0.834. The summed E-state index contributed by atoms with van der Waals surface area (Å²) in [7, 11) is 1.57.